The number of anilines is 1. The number of ether oxygens (including phenoxy) is 1. The number of aromatic nitrogens is 1. The van der Waals surface area contributed by atoms with Gasteiger partial charge in [0.1, 0.15) is 5.75 Å². The molecule has 30 heavy (non-hydrogen) atoms. The number of carbonyl (C=O) groups excluding carboxylic acids is 2. The van der Waals surface area contributed by atoms with Crippen molar-refractivity contribution in [3.05, 3.63) is 64.5 Å². The van der Waals surface area contributed by atoms with Crippen molar-refractivity contribution in [3.8, 4) is 17.0 Å². The van der Waals surface area contributed by atoms with Crippen LogP contribution in [-0.2, 0) is 9.59 Å². The highest BCUT2D eigenvalue weighted by Gasteiger charge is 2.19. The summed E-state index contributed by atoms with van der Waals surface area (Å²) >= 11 is 1.44. The third kappa shape index (κ3) is 5.45. The number of benzene rings is 2. The summed E-state index contributed by atoms with van der Waals surface area (Å²) in [4.78, 5) is 29.9. The van der Waals surface area contributed by atoms with E-state index in [9.17, 15) is 9.59 Å². The van der Waals surface area contributed by atoms with E-state index in [4.69, 9.17) is 4.74 Å². The van der Waals surface area contributed by atoms with Crippen LogP contribution >= 0.6 is 11.3 Å². The maximum atomic E-state index is 12.7. The van der Waals surface area contributed by atoms with Crippen LogP contribution in [0.4, 0.5) is 5.13 Å². The van der Waals surface area contributed by atoms with Crippen molar-refractivity contribution < 1.29 is 14.3 Å². The first-order valence-corrected chi connectivity index (χ1v) is 10.4. The molecule has 7 heteroatoms. The number of thiazole rings is 1. The van der Waals surface area contributed by atoms with Gasteiger partial charge >= 0.3 is 0 Å². The Balaban J connectivity index is 1.72. The first-order chi connectivity index (χ1) is 14.4. The summed E-state index contributed by atoms with van der Waals surface area (Å²) in [5.41, 5.74) is 3.90. The van der Waals surface area contributed by atoms with Gasteiger partial charge in [0.2, 0.25) is 11.8 Å². The van der Waals surface area contributed by atoms with E-state index in [-0.39, 0.29) is 18.2 Å². The smallest absolute Gasteiger partial charge is 0.228 e. The molecule has 1 aromatic heterocycles. The fourth-order valence-corrected chi connectivity index (χ4v) is 3.97. The Morgan fingerprint density at radius 3 is 2.33 bits per heavy atom. The minimum atomic E-state index is -0.439. The highest BCUT2D eigenvalue weighted by molar-refractivity contribution is 7.16. The number of rotatable bonds is 7. The average molecular weight is 424 g/mol. The molecule has 2 N–H and O–H groups in total. The average Bonchev–Trinajstić information content (AvgIpc) is 3.07. The largest absolute Gasteiger partial charge is 0.497 e. The molecule has 2 aromatic carbocycles. The molecule has 0 saturated heterocycles. The van der Waals surface area contributed by atoms with Crippen molar-refractivity contribution in [1.82, 2.24) is 10.3 Å². The van der Waals surface area contributed by atoms with Crippen LogP contribution in [-0.4, -0.2) is 23.9 Å². The molecule has 6 nitrogen and oxygen atoms in total. The Morgan fingerprint density at radius 1 is 1.07 bits per heavy atom. The monoisotopic (exact) mass is 423 g/mol. The molecule has 1 heterocycles. The summed E-state index contributed by atoms with van der Waals surface area (Å²) in [7, 11) is 1.59. The molecule has 0 aliphatic carbocycles. The van der Waals surface area contributed by atoms with Crippen LogP contribution in [0.15, 0.2) is 48.5 Å². The summed E-state index contributed by atoms with van der Waals surface area (Å²) in [6.07, 6.45) is 0.102. The number of amides is 2. The van der Waals surface area contributed by atoms with E-state index in [0.29, 0.717) is 10.9 Å². The van der Waals surface area contributed by atoms with Crippen LogP contribution in [0.5, 0.6) is 5.75 Å². The number of hydrogen-bond donors (Lipinski definition) is 2. The molecule has 0 spiro atoms. The van der Waals surface area contributed by atoms with E-state index in [2.05, 4.69) is 15.6 Å². The Kier molecular flexibility index (Phi) is 6.84. The quantitative estimate of drug-likeness (QED) is 0.580. The molecule has 0 radical (unpaired) electrons. The van der Waals surface area contributed by atoms with Gasteiger partial charge in [0.05, 0.1) is 25.3 Å². The Morgan fingerprint density at radius 2 is 1.73 bits per heavy atom. The second-order valence-corrected chi connectivity index (χ2v) is 8.27. The van der Waals surface area contributed by atoms with Gasteiger partial charge < -0.3 is 15.4 Å². The van der Waals surface area contributed by atoms with Gasteiger partial charge in [0, 0.05) is 17.4 Å². The highest BCUT2D eigenvalue weighted by atomic mass is 32.1. The third-order valence-electron chi connectivity index (χ3n) is 4.65. The van der Waals surface area contributed by atoms with Crippen molar-refractivity contribution in [2.75, 3.05) is 12.4 Å². The predicted molar refractivity (Wildman–Crippen MR) is 120 cm³/mol. The van der Waals surface area contributed by atoms with Gasteiger partial charge in [0.15, 0.2) is 5.13 Å². The summed E-state index contributed by atoms with van der Waals surface area (Å²) in [6.45, 7) is 5.46. The van der Waals surface area contributed by atoms with E-state index in [1.165, 1.54) is 23.8 Å². The maximum absolute atomic E-state index is 12.7. The first-order valence-electron chi connectivity index (χ1n) is 9.61. The highest BCUT2D eigenvalue weighted by Crippen LogP contribution is 2.31. The lowest BCUT2D eigenvalue weighted by atomic mass is 10.0. The molecule has 0 aliphatic heterocycles. The van der Waals surface area contributed by atoms with Crippen LogP contribution in [0.1, 0.15) is 35.4 Å². The molecule has 0 fully saturated rings. The zero-order valence-corrected chi connectivity index (χ0v) is 18.3. The lowest BCUT2D eigenvalue weighted by Gasteiger charge is -2.18. The fourth-order valence-electron chi connectivity index (χ4n) is 3.12. The topological polar surface area (TPSA) is 80.3 Å². The van der Waals surface area contributed by atoms with Gasteiger partial charge in [-0.1, -0.05) is 42.0 Å². The molecule has 156 valence electrons. The number of carbonyl (C=O) groups is 2. The maximum Gasteiger partial charge on any atom is 0.228 e. The minimum absolute atomic E-state index is 0.102. The van der Waals surface area contributed by atoms with Crippen molar-refractivity contribution in [2.45, 2.75) is 33.2 Å². The van der Waals surface area contributed by atoms with Gasteiger partial charge in [-0.3, -0.25) is 9.59 Å². The zero-order chi connectivity index (χ0) is 21.7. The summed E-state index contributed by atoms with van der Waals surface area (Å²) in [5, 5.41) is 6.26. The molecular weight excluding hydrogens is 398 g/mol. The molecule has 0 saturated carbocycles. The van der Waals surface area contributed by atoms with Crippen molar-refractivity contribution in [1.29, 1.82) is 0 Å². The van der Waals surface area contributed by atoms with Crippen LogP contribution in [0.25, 0.3) is 11.3 Å². The summed E-state index contributed by atoms with van der Waals surface area (Å²) in [5.74, 6) is 0.302. The van der Waals surface area contributed by atoms with Crippen LogP contribution in [0.2, 0.25) is 0 Å². The van der Waals surface area contributed by atoms with Crippen molar-refractivity contribution >= 4 is 28.3 Å². The Hall–Kier alpha value is -3.19. The first kappa shape index (κ1) is 21.5. The van der Waals surface area contributed by atoms with E-state index in [0.717, 1.165) is 21.7 Å². The lowest BCUT2D eigenvalue weighted by Crippen LogP contribution is -2.29. The van der Waals surface area contributed by atoms with Gasteiger partial charge in [-0.2, -0.15) is 0 Å². The van der Waals surface area contributed by atoms with Crippen LogP contribution < -0.4 is 15.4 Å². The van der Waals surface area contributed by atoms with Gasteiger partial charge in [-0.05, 0) is 31.5 Å². The molecule has 1 atom stereocenters. The molecule has 0 aliphatic rings. The second kappa shape index (κ2) is 9.54. The van der Waals surface area contributed by atoms with Crippen molar-refractivity contribution in [3.63, 3.8) is 0 Å². The Labute approximate surface area is 180 Å². The van der Waals surface area contributed by atoms with Crippen LogP contribution in [0, 0.1) is 13.8 Å². The van der Waals surface area contributed by atoms with E-state index in [1.807, 2.05) is 50.2 Å². The molecule has 1 unspecified atom stereocenters. The lowest BCUT2D eigenvalue weighted by molar-refractivity contribution is -0.120. The normalized spacial score (nSPS) is 11.6. The molecular formula is C23H25N3O3S. The van der Waals surface area contributed by atoms with Crippen molar-refractivity contribution in [2.24, 2.45) is 0 Å². The molecule has 3 aromatic rings. The van der Waals surface area contributed by atoms with E-state index in [1.54, 1.807) is 19.2 Å². The molecule has 0 bridgehead atoms. The molecule has 2 amide bonds. The number of nitrogens with one attached hydrogen (secondary N) is 2. The van der Waals surface area contributed by atoms with E-state index < -0.39 is 6.04 Å². The minimum Gasteiger partial charge on any atom is -0.497 e. The van der Waals surface area contributed by atoms with Gasteiger partial charge in [-0.25, -0.2) is 4.98 Å². The SMILES string of the molecule is COc1ccc(C(CC(=O)Nc2nc(-c3ccc(C)cc3)c(C)s2)NC(C)=O)cc1. The summed E-state index contributed by atoms with van der Waals surface area (Å²) in [6, 6.07) is 15.0. The van der Waals surface area contributed by atoms with Crippen LogP contribution in [0.3, 0.4) is 0 Å². The number of nitrogens with zero attached hydrogens (tertiary/aromatic N) is 1. The Bertz CT molecular complexity index is 1030. The zero-order valence-electron chi connectivity index (χ0n) is 17.5. The summed E-state index contributed by atoms with van der Waals surface area (Å²) < 4.78 is 5.17. The number of methoxy groups -OCH3 is 1. The number of aryl methyl sites for hydroxylation is 2. The van der Waals surface area contributed by atoms with Gasteiger partial charge in [-0.15, -0.1) is 11.3 Å². The van der Waals surface area contributed by atoms with E-state index >= 15 is 0 Å². The predicted octanol–water partition coefficient (Wildman–Crippen LogP) is 4.64. The third-order valence-corrected chi connectivity index (χ3v) is 5.54. The second-order valence-electron chi connectivity index (χ2n) is 7.07. The number of hydrogen-bond acceptors (Lipinski definition) is 5. The fraction of sp³-hybridized carbons (Fsp3) is 0.261. The van der Waals surface area contributed by atoms with Gasteiger partial charge in [0.25, 0.3) is 0 Å². The molecule has 3 rings (SSSR count). The standard InChI is InChI=1S/C23H25N3O3S/c1-14-5-7-18(8-6-14)22-15(2)30-23(26-22)25-21(28)13-20(24-16(3)27)17-9-11-19(29-4)12-10-17/h5-12,20H,13H2,1-4H3,(H,24,27)(H,25,26,28).